The third-order valence-corrected chi connectivity index (χ3v) is 7.02. The lowest BCUT2D eigenvalue weighted by molar-refractivity contribution is -0.122. The minimum atomic E-state index is -0.572. The number of nitrogens with zero attached hydrogens (tertiary/aromatic N) is 2. The molecular weight excluding hydrogens is 532 g/mol. The van der Waals surface area contributed by atoms with Crippen molar-refractivity contribution < 1.29 is 14.4 Å². The lowest BCUT2D eigenvalue weighted by atomic mass is 10.0. The predicted molar refractivity (Wildman–Crippen MR) is 159 cm³/mol. The van der Waals surface area contributed by atoms with E-state index in [1.165, 1.54) is 4.90 Å². The molecule has 4 aromatic rings. The largest absolute Gasteiger partial charge is 0.337 e. The third-order valence-electron chi connectivity index (χ3n) is 6.48. The third kappa shape index (κ3) is 5.48. The van der Waals surface area contributed by atoms with Crippen molar-refractivity contribution in [3.8, 4) is 0 Å². The maximum atomic E-state index is 13.5. The van der Waals surface area contributed by atoms with Crippen molar-refractivity contribution in [3.05, 3.63) is 101 Å². The molecule has 2 heterocycles. The van der Waals surface area contributed by atoms with E-state index in [0.29, 0.717) is 27.9 Å². The minimum absolute atomic E-state index is 0.0285. The van der Waals surface area contributed by atoms with Gasteiger partial charge >= 0.3 is 0 Å². The van der Waals surface area contributed by atoms with Gasteiger partial charge in [-0.1, -0.05) is 55.8 Å². The van der Waals surface area contributed by atoms with Crippen molar-refractivity contribution in [1.29, 1.82) is 0 Å². The van der Waals surface area contributed by atoms with Crippen LogP contribution in [0, 0.1) is 0 Å². The number of nitrogens with one attached hydrogen (secondary N) is 2. The first-order chi connectivity index (χ1) is 18.7. The van der Waals surface area contributed by atoms with Gasteiger partial charge < -0.3 is 9.88 Å². The topological polar surface area (TPSA) is 83.4 Å². The van der Waals surface area contributed by atoms with E-state index >= 15 is 0 Å². The van der Waals surface area contributed by atoms with Gasteiger partial charge in [0.2, 0.25) is 5.91 Å². The Bertz CT molecular complexity index is 1640. The fourth-order valence-corrected chi connectivity index (χ4v) is 4.87. The van der Waals surface area contributed by atoms with E-state index in [1.54, 1.807) is 41.1 Å². The Balaban J connectivity index is 1.46. The zero-order valence-corrected chi connectivity index (χ0v) is 22.8. The van der Waals surface area contributed by atoms with Gasteiger partial charge in [0.25, 0.3) is 11.8 Å². The lowest BCUT2D eigenvalue weighted by Crippen LogP contribution is -2.54. The molecule has 0 bridgehead atoms. The summed E-state index contributed by atoms with van der Waals surface area (Å²) < 4.78 is 1.78. The summed E-state index contributed by atoms with van der Waals surface area (Å²) in [7, 11) is 0. The van der Waals surface area contributed by atoms with E-state index in [0.717, 1.165) is 16.5 Å². The smallest absolute Gasteiger partial charge is 0.270 e. The molecule has 1 aromatic heterocycles. The summed E-state index contributed by atoms with van der Waals surface area (Å²) in [5.41, 5.74) is 3.70. The van der Waals surface area contributed by atoms with Crippen LogP contribution in [0.3, 0.4) is 0 Å². The highest BCUT2D eigenvalue weighted by atomic mass is 35.5. The number of carbonyl (C=O) groups excluding carboxylic acids is 3. The van der Waals surface area contributed by atoms with Crippen molar-refractivity contribution in [3.63, 3.8) is 0 Å². The fraction of sp³-hybridized carbons (Fsp3) is 0.133. The summed E-state index contributed by atoms with van der Waals surface area (Å²) in [4.78, 5) is 40.6. The Morgan fingerprint density at radius 3 is 2.41 bits per heavy atom. The van der Waals surface area contributed by atoms with Crippen LogP contribution in [-0.2, 0) is 20.9 Å². The number of hydrogen-bond donors (Lipinski definition) is 2. The molecule has 0 radical (unpaired) electrons. The quantitative estimate of drug-likeness (QED) is 0.176. The molecule has 0 saturated carbocycles. The Labute approximate surface area is 236 Å². The molecule has 5 rings (SSSR count). The monoisotopic (exact) mass is 556 g/mol. The van der Waals surface area contributed by atoms with Gasteiger partial charge in [0.05, 0.1) is 5.69 Å². The van der Waals surface area contributed by atoms with Crippen LogP contribution in [-0.4, -0.2) is 27.4 Å². The average Bonchev–Trinajstić information content (AvgIpc) is 3.25. The fourth-order valence-electron chi connectivity index (χ4n) is 4.47. The highest BCUT2D eigenvalue weighted by molar-refractivity contribution is 7.80. The van der Waals surface area contributed by atoms with Crippen LogP contribution < -0.4 is 15.5 Å². The lowest BCUT2D eigenvalue weighted by Gasteiger charge is -2.29. The number of rotatable bonds is 6. The molecule has 9 heteroatoms. The molecule has 3 aromatic carbocycles. The second-order valence-electron chi connectivity index (χ2n) is 9.49. The summed E-state index contributed by atoms with van der Waals surface area (Å²) in [5, 5.41) is 6.89. The molecule has 7 nitrogen and oxygen atoms in total. The van der Waals surface area contributed by atoms with Crippen LogP contribution >= 0.6 is 23.8 Å². The second-order valence-corrected chi connectivity index (χ2v) is 10.3. The van der Waals surface area contributed by atoms with E-state index in [-0.39, 0.29) is 23.1 Å². The van der Waals surface area contributed by atoms with Crippen molar-refractivity contribution in [2.45, 2.75) is 26.3 Å². The molecule has 39 heavy (non-hydrogen) atoms. The average molecular weight is 557 g/mol. The molecule has 1 saturated heterocycles. The molecule has 0 spiro atoms. The Kier molecular flexibility index (Phi) is 7.32. The number of para-hydroxylation sites is 1. The summed E-state index contributed by atoms with van der Waals surface area (Å²) >= 11 is 11.3. The highest BCUT2D eigenvalue weighted by Crippen LogP contribution is 2.28. The number of thiocarbonyl (C=S) groups is 1. The molecule has 1 aliphatic heterocycles. The van der Waals surface area contributed by atoms with E-state index in [1.807, 2.05) is 48.5 Å². The van der Waals surface area contributed by atoms with E-state index in [4.69, 9.17) is 23.8 Å². The maximum absolute atomic E-state index is 13.5. The van der Waals surface area contributed by atoms with Crippen LogP contribution in [0.1, 0.15) is 30.9 Å². The number of carbonyl (C=O) groups is 3. The van der Waals surface area contributed by atoms with E-state index < -0.39 is 11.8 Å². The molecule has 0 unspecified atom stereocenters. The number of hydrogen-bond acceptors (Lipinski definition) is 4. The van der Waals surface area contributed by atoms with Gasteiger partial charge in [0, 0.05) is 33.4 Å². The molecule has 1 fully saturated rings. The molecule has 196 valence electrons. The van der Waals surface area contributed by atoms with Gasteiger partial charge in [0.15, 0.2) is 5.11 Å². The number of fused-ring (bicyclic) bond motifs is 1. The van der Waals surface area contributed by atoms with Gasteiger partial charge in [-0.3, -0.25) is 24.6 Å². The zero-order chi connectivity index (χ0) is 27.7. The summed E-state index contributed by atoms with van der Waals surface area (Å²) in [6.07, 6.45) is 3.30. The number of anilines is 2. The van der Waals surface area contributed by atoms with Crippen molar-refractivity contribution in [2.75, 3.05) is 10.2 Å². The van der Waals surface area contributed by atoms with Crippen molar-refractivity contribution in [1.82, 2.24) is 9.88 Å². The van der Waals surface area contributed by atoms with Gasteiger partial charge in [-0.15, -0.1) is 0 Å². The SMILES string of the molecule is CC(C)c1ccc(N2C(=O)/C(=C/c3cn(CC(=O)Nc4ccc(Cl)cc4)c4ccccc34)C(=O)NC2=S)cc1. The van der Waals surface area contributed by atoms with E-state index in [2.05, 4.69) is 24.5 Å². The molecule has 3 amide bonds. The number of halogens is 1. The Morgan fingerprint density at radius 1 is 1.03 bits per heavy atom. The Hall–Kier alpha value is -4.27. The number of benzene rings is 3. The molecule has 2 N–H and O–H groups in total. The van der Waals surface area contributed by atoms with Crippen molar-refractivity contribution >= 4 is 75.0 Å². The molecule has 1 aliphatic rings. The Morgan fingerprint density at radius 2 is 1.72 bits per heavy atom. The van der Waals surface area contributed by atoms with Crippen molar-refractivity contribution in [2.24, 2.45) is 0 Å². The van der Waals surface area contributed by atoms with Crippen LogP contribution in [0.15, 0.2) is 84.6 Å². The van der Waals surface area contributed by atoms with Crippen LogP contribution in [0.25, 0.3) is 17.0 Å². The van der Waals surface area contributed by atoms with Gasteiger partial charge in [-0.2, -0.15) is 0 Å². The number of aromatic nitrogens is 1. The number of amides is 3. The first kappa shape index (κ1) is 26.3. The first-order valence-electron chi connectivity index (χ1n) is 12.4. The summed E-state index contributed by atoms with van der Waals surface area (Å²) in [6.45, 7) is 4.21. The summed E-state index contributed by atoms with van der Waals surface area (Å²) in [6, 6.07) is 21.9. The normalized spacial score (nSPS) is 14.8. The zero-order valence-electron chi connectivity index (χ0n) is 21.3. The van der Waals surface area contributed by atoms with Gasteiger partial charge in [-0.05, 0) is 72.2 Å². The van der Waals surface area contributed by atoms with E-state index in [9.17, 15) is 14.4 Å². The van der Waals surface area contributed by atoms with Gasteiger partial charge in [0.1, 0.15) is 12.1 Å². The van der Waals surface area contributed by atoms with Crippen LogP contribution in [0.4, 0.5) is 11.4 Å². The summed E-state index contributed by atoms with van der Waals surface area (Å²) in [5.74, 6) is -0.982. The highest BCUT2D eigenvalue weighted by Gasteiger charge is 2.34. The molecular formula is C30H25ClN4O3S. The predicted octanol–water partition coefficient (Wildman–Crippen LogP) is 5.89. The molecule has 0 aliphatic carbocycles. The first-order valence-corrected chi connectivity index (χ1v) is 13.1. The van der Waals surface area contributed by atoms with Gasteiger partial charge in [-0.25, -0.2) is 0 Å². The standard InChI is InChI=1S/C30H25ClN4O3S/c1-18(2)19-7-13-23(14-8-19)35-29(38)25(28(37)33-30(35)39)15-20-16-34(26-6-4-3-5-24(20)26)17-27(36)32-22-11-9-21(31)10-12-22/h3-16,18H,17H2,1-2H3,(H,32,36)(H,33,37,39)/b25-15+. The van der Waals surface area contributed by atoms with Crippen LogP contribution in [0.2, 0.25) is 5.02 Å². The second kappa shape index (κ2) is 10.8. The maximum Gasteiger partial charge on any atom is 0.270 e. The molecule has 0 atom stereocenters. The van der Waals surface area contributed by atoms with Crippen LogP contribution in [0.5, 0.6) is 0 Å². The minimum Gasteiger partial charge on any atom is -0.337 e.